The molecule has 2 amide bonds. The number of hydrogen-bond acceptors (Lipinski definition) is 1. The summed E-state index contributed by atoms with van der Waals surface area (Å²) in [6.07, 6.45) is 0. The standard InChI is InChI=1S/C17H18Cl2N2O/c1-11-4-7-14(19)10-15(11)20-16(22)21-17(2,3)12-5-8-13(18)9-6-12/h4-10H,1-3H3,(H2,20,21,22). The van der Waals surface area contributed by atoms with Crippen molar-refractivity contribution < 1.29 is 4.79 Å². The molecule has 0 aromatic heterocycles. The molecule has 5 heteroatoms. The van der Waals surface area contributed by atoms with Crippen molar-refractivity contribution in [3.8, 4) is 0 Å². The van der Waals surface area contributed by atoms with Crippen LogP contribution in [0.1, 0.15) is 25.0 Å². The Labute approximate surface area is 140 Å². The molecule has 0 atom stereocenters. The van der Waals surface area contributed by atoms with Crippen LogP contribution in [-0.4, -0.2) is 6.03 Å². The second-order valence-electron chi connectivity index (χ2n) is 5.67. The SMILES string of the molecule is Cc1ccc(Cl)cc1NC(=O)NC(C)(C)c1ccc(Cl)cc1. The third-order valence-electron chi connectivity index (χ3n) is 3.44. The van der Waals surface area contributed by atoms with Crippen molar-refractivity contribution in [2.24, 2.45) is 0 Å². The number of benzene rings is 2. The summed E-state index contributed by atoms with van der Waals surface area (Å²) in [5, 5.41) is 7.03. The predicted octanol–water partition coefficient (Wildman–Crippen LogP) is 5.36. The molecule has 0 fully saturated rings. The number of nitrogens with one attached hydrogen (secondary N) is 2. The van der Waals surface area contributed by atoms with Gasteiger partial charge in [0.2, 0.25) is 0 Å². The van der Waals surface area contributed by atoms with Gasteiger partial charge in [0, 0.05) is 15.7 Å². The molecule has 0 aliphatic carbocycles. The average Bonchev–Trinajstić information content (AvgIpc) is 2.42. The van der Waals surface area contributed by atoms with E-state index in [1.165, 1.54) is 0 Å². The Kier molecular flexibility index (Phi) is 4.99. The monoisotopic (exact) mass is 336 g/mol. The van der Waals surface area contributed by atoms with E-state index in [0.29, 0.717) is 15.7 Å². The van der Waals surface area contributed by atoms with E-state index >= 15 is 0 Å². The number of carbonyl (C=O) groups excluding carboxylic acids is 1. The summed E-state index contributed by atoms with van der Waals surface area (Å²) in [5.41, 5.74) is 2.08. The summed E-state index contributed by atoms with van der Waals surface area (Å²) < 4.78 is 0. The maximum Gasteiger partial charge on any atom is 0.319 e. The van der Waals surface area contributed by atoms with Gasteiger partial charge in [-0.3, -0.25) is 0 Å². The minimum absolute atomic E-state index is 0.287. The molecule has 0 aliphatic rings. The van der Waals surface area contributed by atoms with E-state index in [4.69, 9.17) is 23.2 Å². The van der Waals surface area contributed by atoms with Crippen molar-refractivity contribution >= 4 is 34.9 Å². The molecule has 0 spiro atoms. The molecule has 0 radical (unpaired) electrons. The highest BCUT2D eigenvalue weighted by molar-refractivity contribution is 6.31. The van der Waals surface area contributed by atoms with E-state index in [-0.39, 0.29) is 6.03 Å². The zero-order valence-electron chi connectivity index (χ0n) is 12.7. The minimum Gasteiger partial charge on any atom is -0.329 e. The fourth-order valence-corrected chi connectivity index (χ4v) is 2.40. The highest BCUT2D eigenvalue weighted by Crippen LogP contribution is 2.23. The Balaban J connectivity index is 2.10. The third-order valence-corrected chi connectivity index (χ3v) is 3.93. The number of hydrogen-bond donors (Lipinski definition) is 2. The Hall–Kier alpha value is -1.71. The first-order valence-electron chi connectivity index (χ1n) is 6.89. The lowest BCUT2D eigenvalue weighted by Crippen LogP contribution is -2.43. The largest absolute Gasteiger partial charge is 0.329 e. The first-order chi connectivity index (χ1) is 10.3. The normalized spacial score (nSPS) is 11.1. The van der Waals surface area contributed by atoms with Crippen LogP contribution in [0.25, 0.3) is 0 Å². The molecular formula is C17H18Cl2N2O. The van der Waals surface area contributed by atoms with Crippen molar-refractivity contribution in [2.75, 3.05) is 5.32 Å². The van der Waals surface area contributed by atoms with Crippen LogP contribution in [0.5, 0.6) is 0 Å². The lowest BCUT2D eigenvalue weighted by Gasteiger charge is -2.27. The number of urea groups is 1. The van der Waals surface area contributed by atoms with E-state index in [1.807, 2.05) is 39.0 Å². The first-order valence-corrected chi connectivity index (χ1v) is 7.65. The number of aryl methyl sites for hydroxylation is 1. The number of anilines is 1. The predicted molar refractivity (Wildman–Crippen MR) is 92.8 cm³/mol. The van der Waals surface area contributed by atoms with Gasteiger partial charge < -0.3 is 10.6 Å². The van der Waals surface area contributed by atoms with Gasteiger partial charge in [-0.2, -0.15) is 0 Å². The molecular weight excluding hydrogens is 319 g/mol. The van der Waals surface area contributed by atoms with Gasteiger partial charge in [-0.05, 0) is 56.2 Å². The van der Waals surface area contributed by atoms with Gasteiger partial charge in [0.05, 0.1) is 5.54 Å². The van der Waals surface area contributed by atoms with Crippen LogP contribution < -0.4 is 10.6 Å². The Morgan fingerprint density at radius 1 is 1.00 bits per heavy atom. The average molecular weight is 337 g/mol. The zero-order chi connectivity index (χ0) is 16.3. The van der Waals surface area contributed by atoms with Crippen LogP contribution in [0, 0.1) is 6.92 Å². The highest BCUT2D eigenvalue weighted by atomic mass is 35.5. The molecule has 0 saturated carbocycles. The third kappa shape index (κ3) is 4.15. The molecule has 0 heterocycles. The van der Waals surface area contributed by atoms with E-state index in [0.717, 1.165) is 11.1 Å². The van der Waals surface area contributed by atoms with Crippen molar-refractivity contribution in [1.29, 1.82) is 0 Å². The highest BCUT2D eigenvalue weighted by Gasteiger charge is 2.23. The van der Waals surface area contributed by atoms with Crippen LogP contribution in [0.3, 0.4) is 0 Å². The van der Waals surface area contributed by atoms with Gasteiger partial charge in [0.1, 0.15) is 0 Å². The smallest absolute Gasteiger partial charge is 0.319 e. The van der Waals surface area contributed by atoms with Gasteiger partial charge in [-0.15, -0.1) is 0 Å². The van der Waals surface area contributed by atoms with Crippen LogP contribution in [0.2, 0.25) is 10.0 Å². The summed E-state index contributed by atoms with van der Waals surface area (Å²) in [6.45, 7) is 5.78. The van der Waals surface area contributed by atoms with Gasteiger partial charge in [0.25, 0.3) is 0 Å². The maximum atomic E-state index is 12.2. The second-order valence-corrected chi connectivity index (χ2v) is 6.54. The molecule has 2 rings (SSSR count). The van der Waals surface area contributed by atoms with E-state index in [1.54, 1.807) is 24.3 Å². The molecule has 22 heavy (non-hydrogen) atoms. The topological polar surface area (TPSA) is 41.1 Å². The lowest BCUT2D eigenvalue weighted by atomic mass is 9.94. The molecule has 116 valence electrons. The number of amides is 2. The molecule has 2 N–H and O–H groups in total. The molecule has 0 unspecified atom stereocenters. The lowest BCUT2D eigenvalue weighted by molar-refractivity contribution is 0.242. The van der Waals surface area contributed by atoms with Crippen LogP contribution in [0.4, 0.5) is 10.5 Å². The summed E-state index contributed by atoms with van der Waals surface area (Å²) in [7, 11) is 0. The van der Waals surface area contributed by atoms with Crippen LogP contribution in [-0.2, 0) is 5.54 Å². The molecule has 3 nitrogen and oxygen atoms in total. The van der Waals surface area contributed by atoms with Crippen LogP contribution >= 0.6 is 23.2 Å². The number of rotatable bonds is 3. The van der Waals surface area contributed by atoms with Crippen LogP contribution in [0.15, 0.2) is 42.5 Å². The van der Waals surface area contributed by atoms with Gasteiger partial charge >= 0.3 is 6.03 Å². The number of carbonyl (C=O) groups is 1. The quantitative estimate of drug-likeness (QED) is 0.778. The van der Waals surface area contributed by atoms with Crippen molar-refractivity contribution in [1.82, 2.24) is 5.32 Å². The Morgan fingerprint density at radius 2 is 1.59 bits per heavy atom. The van der Waals surface area contributed by atoms with E-state index in [9.17, 15) is 4.79 Å². The fraction of sp³-hybridized carbons (Fsp3) is 0.235. The van der Waals surface area contributed by atoms with Crippen molar-refractivity contribution in [2.45, 2.75) is 26.3 Å². The summed E-state index contributed by atoms with van der Waals surface area (Å²) in [4.78, 5) is 12.2. The second kappa shape index (κ2) is 6.59. The molecule has 0 saturated heterocycles. The molecule has 0 aliphatic heterocycles. The Bertz CT molecular complexity index is 682. The Morgan fingerprint density at radius 3 is 2.23 bits per heavy atom. The zero-order valence-corrected chi connectivity index (χ0v) is 14.2. The summed E-state index contributed by atoms with van der Waals surface area (Å²) >= 11 is 11.9. The van der Waals surface area contributed by atoms with Gasteiger partial charge in [0.15, 0.2) is 0 Å². The molecule has 2 aromatic rings. The molecule has 2 aromatic carbocycles. The summed E-state index contributed by atoms with van der Waals surface area (Å²) in [5.74, 6) is 0. The summed E-state index contributed by atoms with van der Waals surface area (Å²) in [6, 6.07) is 12.5. The van der Waals surface area contributed by atoms with Gasteiger partial charge in [-0.1, -0.05) is 41.4 Å². The van der Waals surface area contributed by atoms with Crippen molar-refractivity contribution in [3.05, 3.63) is 63.6 Å². The van der Waals surface area contributed by atoms with E-state index < -0.39 is 5.54 Å². The van der Waals surface area contributed by atoms with Crippen molar-refractivity contribution in [3.63, 3.8) is 0 Å². The van der Waals surface area contributed by atoms with E-state index in [2.05, 4.69) is 10.6 Å². The van der Waals surface area contributed by atoms with Gasteiger partial charge in [-0.25, -0.2) is 4.79 Å². The first kappa shape index (κ1) is 16.7. The fourth-order valence-electron chi connectivity index (χ4n) is 2.11. The molecule has 0 bridgehead atoms. The number of halogens is 2. The maximum absolute atomic E-state index is 12.2. The minimum atomic E-state index is -0.527.